The smallest absolute Gasteiger partial charge is 0.104 e. The normalized spacial score (nSPS) is 8.00. The molecule has 0 aliphatic heterocycles. The van der Waals surface area contributed by atoms with Crippen LogP contribution in [0.3, 0.4) is 0 Å². The fraction of sp³-hybridized carbons (Fsp3) is 0.667. The van der Waals surface area contributed by atoms with Crippen molar-refractivity contribution in [3.05, 3.63) is 22.6 Å². The Balaban J connectivity index is 0. The van der Waals surface area contributed by atoms with Crippen molar-refractivity contribution >= 4 is 0 Å². The molecule has 0 unspecified atom stereocenters. The van der Waals surface area contributed by atoms with Crippen LogP contribution in [-0.2, 0) is 0 Å². The molecule has 0 N–H and O–H groups in total. The van der Waals surface area contributed by atoms with Gasteiger partial charge in [0.2, 0.25) is 0 Å². The first-order valence-electron chi connectivity index (χ1n) is 5.16. The molecular weight excluding hydrogens is 160 g/mol. The van der Waals surface area contributed by atoms with Gasteiger partial charge in [-0.05, 0) is 38.8 Å². The molecule has 0 fully saturated rings. The predicted molar refractivity (Wildman–Crippen MR) is 60.4 cm³/mol. The standard InChI is InChI=1S/C8H12O.2C2H6/c1-5-6(2)8(4)9-7(5)3;2*1-2/h1-4H3;2*1-2H3. The van der Waals surface area contributed by atoms with E-state index in [2.05, 4.69) is 13.8 Å². The molecule has 1 heteroatoms. The molecule has 13 heavy (non-hydrogen) atoms. The van der Waals surface area contributed by atoms with Crippen LogP contribution in [0.25, 0.3) is 0 Å². The fourth-order valence-electron chi connectivity index (χ4n) is 0.911. The van der Waals surface area contributed by atoms with Gasteiger partial charge in [-0.15, -0.1) is 0 Å². The Bertz CT molecular complexity index is 199. The number of rotatable bonds is 0. The molecule has 78 valence electrons. The summed E-state index contributed by atoms with van der Waals surface area (Å²) < 4.78 is 5.34. The summed E-state index contributed by atoms with van der Waals surface area (Å²) in [7, 11) is 0. The molecule has 0 spiro atoms. The summed E-state index contributed by atoms with van der Waals surface area (Å²) in [5.41, 5.74) is 2.57. The van der Waals surface area contributed by atoms with E-state index < -0.39 is 0 Å². The van der Waals surface area contributed by atoms with Crippen LogP contribution in [-0.4, -0.2) is 0 Å². The molecule has 0 radical (unpaired) electrons. The lowest BCUT2D eigenvalue weighted by atomic mass is 10.2. The first-order chi connectivity index (χ1) is 6.13. The highest BCUT2D eigenvalue weighted by Crippen LogP contribution is 2.18. The minimum Gasteiger partial charge on any atom is -0.466 e. The van der Waals surface area contributed by atoms with Gasteiger partial charge < -0.3 is 4.42 Å². The molecule has 1 aromatic rings. The minimum atomic E-state index is 1.05. The lowest BCUT2D eigenvalue weighted by molar-refractivity contribution is 0.501. The fourth-order valence-corrected chi connectivity index (χ4v) is 0.911. The van der Waals surface area contributed by atoms with E-state index in [-0.39, 0.29) is 0 Å². The van der Waals surface area contributed by atoms with E-state index in [9.17, 15) is 0 Å². The number of furan rings is 1. The number of hydrogen-bond acceptors (Lipinski definition) is 1. The Morgan fingerprint density at radius 3 is 0.923 bits per heavy atom. The topological polar surface area (TPSA) is 13.1 Å². The highest BCUT2D eigenvalue weighted by Gasteiger charge is 2.04. The van der Waals surface area contributed by atoms with Gasteiger partial charge in [0.05, 0.1) is 0 Å². The first-order valence-corrected chi connectivity index (χ1v) is 5.16. The zero-order valence-corrected chi connectivity index (χ0v) is 10.4. The van der Waals surface area contributed by atoms with Crippen LogP contribution in [0.5, 0.6) is 0 Å². The van der Waals surface area contributed by atoms with Crippen LogP contribution < -0.4 is 0 Å². The van der Waals surface area contributed by atoms with E-state index >= 15 is 0 Å². The van der Waals surface area contributed by atoms with Gasteiger partial charge in [-0.25, -0.2) is 0 Å². The first kappa shape index (κ1) is 14.8. The van der Waals surface area contributed by atoms with Gasteiger partial charge in [0.1, 0.15) is 11.5 Å². The maximum atomic E-state index is 5.34. The third kappa shape index (κ3) is 4.16. The van der Waals surface area contributed by atoms with Crippen molar-refractivity contribution in [2.75, 3.05) is 0 Å². The van der Waals surface area contributed by atoms with Crippen LogP contribution in [0, 0.1) is 27.7 Å². The van der Waals surface area contributed by atoms with Gasteiger partial charge in [0.25, 0.3) is 0 Å². The summed E-state index contributed by atoms with van der Waals surface area (Å²) in [5.74, 6) is 2.09. The molecule has 0 amide bonds. The van der Waals surface area contributed by atoms with E-state index in [0.717, 1.165) is 11.5 Å². The minimum absolute atomic E-state index is 1.05. The van der Waals surface area contributed by atoms with Gasteiger partial charge in [-0.2, -0.15) is 0 Å². The van der Waals surface area contributed by atoms with E-state index in [1.165, 1.54) is 11.1 Å². The summed E-state index contributed by atoms with van der Waals surface area (Å²) in [6.07, 6.45) is 0. The second-order valence-electron chi connectivity index (χ2n) is 2.46. The monoisotopic (exact) mass is 184 g/mol. The zero-order valence-electron chi connectivity index (χ0n) is 10.4. The maximum absolute atomic E-state index is 5.34. The maximum Gasteiger partial charge on any atom is 0.104 e. The largest absolute Gasteiger partial charge is 0.466 e. The van der Waals surface area contributed by atoms with Crippen LogP contribution in [0.2, 0.25) is 0 Å². The summed E-state index contributed by atoms with van der Waals surface area (Å²) in [6.45, 7) is 16.2. The molecule has 0 saturated heterocycles. The lowest BCUT2D eigenvalue weighted by Crippen LogP contribution is -1.73. The second kappa shape index (κ2) is 7.90. The molecular formula is C12H24O. The molecule has 0 bridgehead atoms. The quantitative estimate of drug-likeness (QED) is 0.576. The summed E-state index contributed by atoms with van der Waals surface area (Å²) >= 11 is 0. The third-order valence-electron chi connectivity index (χ3n) is 1.92. The molecule has 1 rings (SSSR count). The van der Waals surface area contributed by atoms with Crippen LogP contribution >= 0.6 is 0 Å². The van der Waals surface area contributed by atoms with Crippen molar-refractivity contribution in [2.45, 2.75) is 55.4 Å². The molecule has 1 heterocycles. The van der Waals surface area contributed by atoms with E-state index in [0.29, 0.717) is 0 Å². The Morgan fingerprint density at radius 2 is 0.846 bits per heavy atom. The molecule has 0 aliphatic rings. The van der Waals surface area contributed by atoms with Crippen LogP contribution in [0.1, 0.15) is 50.3 Å². The van der Waals surface area contributed by atoms with Crippen LogP contribution in [0.15, 0.2) is 4.42 Å². The lowest BCUT2D eigenvalue weighted by Gasteiger charge is -1.85. The molecule has 1 nitrogen and oxygen atoms in total. The van der Waals surface area contributed by atoms with E-state index in [1.807, 2.05) is 41.5 Å². The molecule has 0 atom stereocenters. The SMILES string of the molecule is CC.CC.Cc1oc(C)c(C)c1C. The summed E-state index contributed by atoms with van der Waals surface area (Å²) in [4.78, 5) is 0. The Hall–Kier alpha value is -0.720. The summed E-state index contributed by atoms with van der Waals surface area (Å²) in [6, 6.07) is 0. The van der Waals surface area contributed by atoms with Gasteiger partial charge >= 0.3 is 0 Å². The van der Waals surface area contributed by atoms with Crippen molar-refractivity contribution in [3.8, 4) is 0 Å². The van der Waals surface area contributed by atoms with Crippen molar-refractivity contribution < 1.29 is 4.42 Å². The Morgan fingerprint density at radius 1 is 0.615 bits per heavy atom. The predicted octanol–water partition coefficient (Wildman–Crippen LogP) is 4.57. The van der Waals surface area contributed by atoms with Crippen LogP contribution in [0.4, 0.5) is 0 Å². The molecule has 0 saturated carbocycles. The average molecular weight is 184 g/mol. The summed E-state index contributed by atoms with van der Waals surface area (Å²) in [5, 5.41) is 0. The van der Waals surface area contributed by atoms with E-state index in [1.54, 1.807) is 0 Å². The van der Waals surface area contributed by atoms with Crippen molar-refractivity contribution in [3.63, 3.8) is 0 Å². The highest BCUT2D eigenvalue weighted by molar-refractivity contribution is 5.29. The Labute approximate surface area is 83.2 Å². The highest BCUT2D eigenvalue weighted by atomic mass is 16.3. The van der Waals surface area contributed by atoms with Crippen molar-refractivity contribution in [1.29, 1.82) is 0 Å². The van der Waals surface area contributed by atoms with Crippen molar-refractivity contribution in [1.82, 2.24) is 0 Å². The molecule has 1 aromatic heterocycles. The number of aryl methyl sites for hydroxylation is 2. The second-order valence-corrected chi connectivity index (χ2v) is 2.46. The molecule has 0 aromatic carbocycles. The van der Waals surface area contributed by atoms with Gasteiger partial charge in [-0.3, -0.25) is 0 Å². The van der Waals surface area contributed by atoms with Gasteiger partial charge in [0, 0.05) is 0 Å². The van der Waals surface area contributed by atoms with Gasteiger partial charge in [-0.1, -0.05) is 27.7 Å². The average Bonchev–Trinajstić information content (AvgIpc) is 2.40. The number of hydrogen-bond donors (Lipinski definition) is 0. The Kier molecular flexibility index (Phi) is 8.99. The van der Waals surface area contributed by atoms with E-state index in [4.69, 9.17) is 4.42 Å². The zero-order chi connectivity index (χ0) is 11.0. The third-order valence-corrected chi connectivity index (χ3v) is 1.92. The van der Waals surface area contributed by atoms with Gasteiger partial charge in [0.15, 0.2) is 0 Å². The van der Waals surface area contributed by atoms with Crippen molar-refractivity contribution in [2.24, 2.45) is 0 Å². The molecule has 0 aliphatic carbocycles.